The van der Waals surface area contributed by atoms with Gasteiger partial charge in [-0.2, -0.15) is 0 Å². The fourth-order valence-corrected chi connectivity index (χ4v) is 5.44. The van der Waals surface area contributed by atoms with Gasteiger partial charge in [0.2, 0.25) is 11.8 Å². The zero-order valence-corrected chi connectivity index (χ0v) is 21.8. The van der Waals surface area contributed by atoms with Gasteiger partial charge in [-0.25, -0.2) is 0 Å². The van der Waals surface area contributed by atoms with Crippen LogP contribution in [-0.4, -0.2) is 28.3 Å². The normalized spacial score (nSPS) is 13.2. The number of hydrogen-bond donors (Lipinski definition) is 6. The molecular formula is C32H30N6O2. The number of aromatic amines is 2. The van der Waals surface area contributed by atoms with Crippen molar-refractivity contribution in [2.45, 2.75) is 18.4 Å². The minimum absolute atomic E-state index is 0.0879. The summed E-state index contributed by atoms with van der Waals surface area (Å²) in [4.78, 5) is 29.8. The third kappa shape index (κ3) is 4.59. The number of amides is 2. The summed E-state index contributed by atoms with van der Waals surface area (Å²) in [5.74, 6) is -1.34. The SMILES string of the molecule is NCC(C(N)=O)c1ccc(-c2ccc3[nH]c4ccc(-c5ccc6[nH]c(C(N)CC(N)=O)cc6c5)cc4c3c2)cc1. The van der Waals surface area contributed by atoms with Crippen LogP contribution in [0.3, 0.4) is 0 Å². The van der Waals surface area contributed by atoms with Gasteiger partial charge in [-0.05, 0) is 70.3 Å². The van der Waals surface area contributed by atoms with Crippen molar-refractivity contribution in [3.8, 4) is 22.3 Å². The average Bonchev–Trinajstić information content (AvgIpc) is 3.53. The fourth-order valence-electron chi connectivity index (χ4n) is 5.44. The summed E-state index contributed by atoms with van der Waals surface area (Å²) < 4.78 is 0. The highest BCUT2D eigenvalue weighted by Crippen LogP contribution is 2.34. The Morgan fingerprint density at radius 3 is 1.80 bits per heavy atom. The first-order valence-corrected chi connectivity index (χ1v) is 13.1. The monoisotopic (exact) mass is 530 g/mol. The molecule has 0 saturated carbocycles. The highest BCUT2D eigenvalue weighted by atomic mass is 16.1. The molecule has 0 aliphatic heterocycles. The predicted octanol–water partition coefficient (Wildman–Crippen LogP) is 4.54. The van der Waals surface area contributed by atoms with Crippen LogP contribution in [0.5, 0.6) is 0 Å². The molecule has 6 rings (SSSR count). The van der Waals surface area contributed by atoms with E-state index < -0.39 is 23.8 Å². The van der Waals surface area contributed by atoms with Crippen LogP contribution in [0.2, 0.25) is 0 Å². The number of benzene rings is 4. The number of aromatic nitrogens is 2. The van der Waals surface area contributed by atoms with Crippen molar-refractivity contribution in [1.82, 2.24) is 9.97 Å². The molecule has 0 fully saturated rings. The van der Waals surface area contributed by atoms with E-state index in [1.165, 1.54) is 0 Å². The van der Waals surface area contributed by atoms with Gasteiger partial charge in [-0.1, -0.05) is 42.5 Å². The molecule has 40 heavy (non-hydrogen) atoms. The number of H-pyrrole nitrogens is 2. The topological polar surface area (TPSA) is 170 Å². The van der Waals surface area contributed by atoms with Crippen LogP contribution in [0.25, 0.3) is 55.0 Å². The average molecular weight is 531 g/mol. The Balaban J connectivity index is 1.36. The summed E-state index contributed by atoms with van der Waals surface area (Å²) in [5.41, 5.74) is 31.7. The highest BCUT2D eigenvalue weighted by molar-refractivity contribution is 6.10. The summed E-state index contributed by atoms with van der Waals surface area (Å²) in [6, 6.07) is 28.3. The molecule has 2 heterocycles. The number of nitrogens with two attached hydrogens (primary N) is 4. The van der Waals surface area contributed by atoms with Gasteiger partial charge in [-0.15, -0.1) is 0 Å². The zero-order chi connectivity index (χ0) is 28.0. The molecule has 0 spiro atoms. The molecule has 0 saturated heterocycles. The zero-order valence-electron chi connectivity index (χ0n) is 21.8. The molecule has 0 aliphatic carbocycles. The van der Waals surface area contributed by atoms with Crippen LogP contribution >= 0.6 is 0 Å². The van der Waals surface area contributed by atoms with Crippen molar-refractivity contribution in [2.24, 2.45) is 22.9 Å². The van der Waals surface area contributed by atoms with Crippen LogP contribution in [-0.2, 0) is 9.59 Å². The van der Waals surface area contributed by atoms with Gasteiger partial charge in [0.1, 0.15) is 0 Å². The minimum atomic E-state index is -0.493. The molecule has 8 heteroatoms. The molecule has 0 aliphatic rings. The summed E-state index contributed by atoms with van der Waals surface area (Å²) in [7, 11) is 0. The van der Waals surface area contributed by atoms with E-state index in [1.807, 2.05) is 36.4 Å². The predicted molar refractivity (Wildman–Crippen MR) is 160 cm³/mol. The Bertz CT molecular complexity index is 1900. The summed E-state index contributed by atoms with van der Waals surface area (Å²) in [6.45, 7) is 0.180. The number of hydrogen-bond acceptors (Lipinski definition) is 4. The third-order valence-corrected chi connectivity index (χ3v) is 7.62. The Morgan fingerprint density at radius 1 is 0.675 bits per heavy atom. The lowest BCUT2D eigenvalue weighted by molar-refractivity contribution is -0.119. The number of nitrogens with one attached hydrogen (secondary N) is 2. The summed E-state index contributed by atoms with van der Waals surface area (Å²) in [5, 5.41) is 3.27. The lowest BCUT2D eigenvalue weighted by Gasteiger charge is -2.12. The summed E-state index contributed by atoms with van der Waals surface area (Å²) >= 11 is 0. The van der Waals surface area contributed by atoms with Crippen LogP contribution < -0.4 is 22.9 Å². The van der Waals surface area contributed by atoms with Gasteiger partial charge in [0, 0.05) is 51.4 Å². The van der Waals surface area contributed by atoms with E-state index in [4.69, 9.17) is 22.9 Å². The van der Waals surface area contributed by atoms with Gasteiger partial charge < -0.3 is 32.9 Å². The highest BCUT2D eigenvalue weighted by Gasteiger charge is 2.16. The van der Waals surface area contributed by atoms with Gasteiger partial charge in [-0.3, -0.25) is 9.59 Å². The summed E-state index contributed by atoms with van der Waals surface area (Å²) in [6.07, 6.45) is 0.0879. The number of carbonyl (C=O) groups excluding carboxylic acids is 2. The molecule has 0 bridgehead atoms. The lowest BCUT2D eigenvalue weighted by Crippen LogP contribution is -2.27. The van der Waals surface area contributed by atoms with Crippen LogP contribution in [0.15, 0.2) is 84.9 Å². The van der Waals surface area contributed by atoms with Gasteiger partial charge >= 0.3 is 0 Å². The second kappa shape index (κ2) is 10.00. The molecule has 10 N–H and O–H groups in total. The number of primary amides is 2. The Labute approximate surface area is 230 Å². The lowest BCUT2D eigenvalue weighted by atomic mass is 9.95. The molecule has 6 aromatic rings. The molecule has 2 amide bonds. The van der Waals surface area contributed by atoms with E-state index in [9.17, 15) is 9.59 Å². The van der Waals surface area contributed by atoms with E-state index in [0.717, 1.165) is 66.2 Å². The molecule has 4 aromatic carbocycles. The van der Waals surface area contributed by atoms with Crippen LogP contribution in [0, 0.1) is 0 Å². The van der Waals surface area contributed by atoms with E-state index >= 15 is 0 Å². The van der Waals surface area contributed by atoms with E-state index in [1.54, 1.807) is 0 Å². The smallest absolute Gasteiger partial charge is 0.226 e. The molecule has 2 aromatic heterocycles. The first-order valence-electron chi connectivity index (χ1n) is 13.1. The second-order valence-electron chi connectivity index (χ2n) is 10.3. The van der Waals surface area contributed by atoms with E-state index in [-0.39, 0.29) is 13.0 Å². The Morgan fingerprint density at radius 2 is 1.23 bits per heavy atom. The first kappa shape index (κ1) is 25.4. The quantitative estimate of drug-likeness (QED) is 0.170. The molecular weight excluding hydrogens is 500 g/mol. The number of rotatable bonds is 8. The standard InChI is InChI=1S/C32H30N6O2/c33-16-25(32(36)40)18-3-1-17(2-4-18)20-6-9-28-23(12-20)24-13-21(7-10-29(24)38-28)19-5-8-27-22(11-19)14-30(37-27)26(34)15-31(35)39/h1-14,25-26,37-38H,15-16,33-34H2,(H2,35,39)(H2,36,40). The first-order chi connectivity index (χ1) is 19.3. The second-order valence-corrected chi connectivity index (χ2v) is 10.3. The van der Waals surface area contributed by atoms with Crippen molar-refractivity contribution >= 4 is 44.5 Å². The molecule has 200 valence electrons. The van der Waals surface area contributed by atoms with Crippen LogP contribution in [0.1, 0.15) is 29.6 Å². The molecule has 2 unspecified atom stereocenters. The third-order valence-electron chi connectivity index (χ3n) is 7.62. The maximum absolute atomic E-state index is 11.7. The van der Waals surface area contributed by atoms with Crippen molar-refractivity contribution in [3.63, 3.8) is 0 Å². The van der Waals surface area contributed by atoms with Gasteiger partial charge in [0.05, 0.1) is 12.0 Å². The maximum atomic E-state index is 11.7. The van der Waals surface area contributed by atoms with Crippen molar-refractivity contribution in [2.75, 3.05) is 6.54 Å². The van der Waals surface area contributed by atoms with Crippen LogP contribution in [0.4, 0.5) is 0 Å². The van der Waals surface area contributed by atoms with Crippen molar-refractivity contribution in [1.29, 1.82) is 0 Å². The molecule has 2 atom stereocenters. The number of fused-ring (bicyclic) bond motifs is 4. The van der Waals surface area contributed by atoms with Gasteiger partial charge in [0.25, 0.3) is 0 Å². The van der Waals surface area contributed by atoms with E-state index in [0.29, 0.717) is 0 Å². The Kier molecular flexibility index (Phi) is 6.34. The molecule has 0 radical (unpaired) electrons. The van der Waals surface area contributed by atoms with Crippen molar-refractivity contribution < 1.29 is 9.59 Å². The largest absolute Gasteiger partial charge is 0.370 e. The van der Waals surface area contributed by atoms with Gasteiger partial charge in [0.15, 0.2) is 0 Å². The Hall–Kier alpha value is -4.92. The number of carbonyl (C=O) groups is 2. The van der Waals surface area contributed by atoms with Crippen molar-refractivity contribution in [3.05, 3.63) is 96.2 Å². The molecule has 8 nitrogen and oxygen atoms in total. The van der Waals surface area contributed by atoms with E-state index in [2.05, 4.69) is 58.5 Å². The fraction of sp³-hybridized carbons (Fsp3) is 0.125. The minimum Gasteiger partial charge on any atom is -0.370 e. The maximum Gasteiger partial charge on any atom is 0.226 e.